The topological polar surface area (TPSA) is 36.8 Å². The molecule has 0 aliphatic carbocycles. The molecule has 0 saturated heterocycles. The Kier molecular flexibility index (Phi) is 5.00. The molecule has 68 valence electrons. The van der Waals surface area contributed by atoms with E-state index in [2.05, 4.69) is 15.5 Å². The van der Waals surface area contributed by atoms with Crippen LogP contribution in [0.5, 0.6) is 0 Å². The Hall–Kier alpha value is -1.12. The second-order valence-electron chi connectivity index (χ2n) is 2.08. The zero-order valence-electron chi connectivity index (χ0n) is 8.47. The molecular formula is C9H17N3. The third-order valence-corrected chi connectivity index (χ3v) is 1.49. The maximum absolute atomic E-state index is 4.01. The maximum atomic E-state index is 4.01. The fourth-order valence-corrected chi connectivity index (χ4v) is 0.945. The largest absolute Gasteiger partial charge is 0.270 e. The van der Waals surface area contributed by atoms with Crippen molar-refractivity contribution in [3.8, 4) is 0 Å². The normalized spacial score (nSPS) is 21.6. The van der Waals surface area contributed by atoms with Gasteiger partial charge in [0.1, 0.15) is 5.84 Å². The van der Waals surface area contributed by atoms with Crippen molar-refractivity contribution in [3.05, 3.63) is 11.6 Å². The van der Waals surface area contributed by atoms with Gasteiger partial charge in [-0.3, -0.25) is 10.4 Å². The number of rotatable bonds is 0. The van der Waals surface area contributed by atoms with E-state index in [-0.39, 0.29) is 0 Å². The number of aliphatic imine (C=N–C) groups is 1. The van der Waals surface area contributed by atoms with Crippen LogP contribution in [-0.4, -0.2) is 18.6 Å². The van der Waals surface area contributed by atoms with Crippen molar-refractivity contribution in [2.45, 2.75) is 27.7 Å². The van der Waals surface area contributed by atoms with Gasteiger partial charge in [0.05, 0.1) is 5.71 Å². The lowest BCUT2D eigenvalue weighted by atomic mass is 10.2. The predicted molar refractivity (Wildman–Crippen MR) is 54.7 cm³/mol. The molecule has 1 aliphatic rings. The Morgan fingerprint density at radius 1 is 1.42 bits per heavy atom. The summed E-state index contributed by atoms with van der Waals surface area (Å²) in [4.78, 5) is 4.01. The maximum Gasteiger partial charge on any atom is 0.150 e. The van der Waals surface area contributed by atoms with Crippen LogP contribution < -0.4 is 5.43 Å². The van der Waals surface area contributed by atoms with E-state index in [0.717, 1.165) is 17.1 Å². The molecule has 1 aliphatic heterocycles. The Balaban J connectivity index is 0.000000561. The van der Waals surface area contributed by atoms with Gasteiger partial charge in [0.2, 0.25) is 0 Å². The van der Waals surface area contributed by atoms with Gasteiger partial charge in [-0.25, -0.2) is 0 Å². The molecule has 0 saturated carbocycles. The molecule has 0 amide bonds. The highest BCUT2D eigenvalue weighted by atomic mass is 15.3. The number of hydrogen-bond acceptors (Lipinski definition) is 2. The molecule has 0 atom stereocenters. The Morgan fingerprint density at radius 2 is 2.00 bits per heavy atom. The first-order chi connectivity index (χ1) is 5.79. The van der Waals surface area contributed by atoms with E-state index in [1.165, 1.54) is 0 Å². The molecule has 1 N–H and O–H groups in total. The van der Waals surface area contributed by atoms with Gasteiger partial charge in [-0.05, 0) is 13.8 Å². The number of nitrogens with zero attached hydrogens (tertiary/aromatic N) is 2. The fraction of sp³-hybridized carbons (Fsp3) is 0.556. The first kappa shape index (κ1) is 10.9. The lowest BCUT2D eigenvalue weighted by Gasteiger charge is -1.94. The first-order valence-corrected chi connectivity index (χ1v) is 4.23. The minimum absolute atomic E-state index is 0.861. The highest BCUT2D eigenvalue weighted by Crippen LogP contribution is 2.05. The fourth-order valence-electron chi connectivity index (χ4n) is 0.945. The highest BCUT2D eigenvalue weighted by Gasteiger charge is 2.13. The molecule has 0 spiro atoms. The van der Waals surface area contributed by atoms with E-state index in [1.807, 2.05) is 33.8 Å². The molecule has 0 aromatic carbocycles. The average molecular weight is 167 g/mol. The smallest absolute Gasteiger partial charge is 0.150 e. The highest BCUT2D eigenvalue weighted by molar-refractivity contribution is 6.25. The van der Waals surface area contributed by atoms with Crippen molar-refractivity contribution in [2.24, 2.45) is 10.1 Å². The molecule has 1 heterocycles. The molecule has 0 aromatic rings. The summed E-state index contributed by atoms with van der Waals surface area (Å²) in [5, 5.41) is 4.01. The zero-order chi connectivity index (χ0) is 9.56. The van der Waals surface area contributed by atoms with Gasteiger partial charge in [0, 0.05) is 12.6 Å². The van der Waals surface area contributed by atoms with Crippen LogP contribution in [0.15, 0.2) is 21.7 Å². The van der Waals surface area contributed by atoms with Crippen molar-refractivity contribution in [1.29, 1.82) is 0 Å². The number of allylic oxidation sites excluding steroid dienone is 1. The quantitative estimate of drug-likeness (QED) is 0.588. The Morgan fingerprint density at radius 3 is 2.33 bits per heavy atom. The van der Waals surface area contributed by atoms with Crippen molar-refractivity contribution < 1.29 is 0 Å². The van der Waals surface area contributed by atoms with E-state index in [9.17, 15) is 0 Å². The second-order valence-corrected chi connectivity index (χ2v) is 2.08. The van der Waals surface area contributed by atoms with Gasteiger partial charge in [0.15, 0.2) is 0 Å². The van der Waals surface area contributed by atoms with Crippen LogP contribution in [0.1, 0.15) is 27.7 Å². The van der Waals surface area contributed by atoms with Crippen LogP contribution in [0, 0.1) is 0 Å². The van der Waals surface area contributed by atoms with Crippen LogP contribution in [0.2, 0.25) is 0 Å². The van der Waals surface area contributed by atoms with Crippen molar-refractivity contribution in [1.82, 2.24) is 5.43 Å². The molecule has 1 rings (SSSR count). The van der Waals surface area contributed by atoms with E-state index >= 15 is 0 Å². The van der Waals surface area contributed by atoms with Gasteiger partial charge in [-0.2, -0.15) is 5.10 Å². The van der Waals surface area contributed by atoms with Gasteiger partial charge in [0.25, 0.3) is 0 Å². The lowest BCUT2D eigenvalue weighted by molar-refractivity contribution is 1.05. The number of amidine groups is 1. The minimum atomic E-state index is 0.861. The zero-order valence-corrected chi connectivity index (χ0v) is 8.47. The summed E-state index contributed by atoms with van der Waals surface area (Å²) >= 11 is 0. The summed E-state index contributed by atoms with van der Waals surface area (Å²) in [6, 6.07) is 0. The SMILES string of the molecule is C/C=C1/C(C)=NNC1=NC.CC. The van der Waals surface area contributed by atoms with Gasteiger partial charge < -0.3 is 0 Å². The molecule has 12 heavy (non-hydrogen) atoms. The molecule has 0 radical (unpaired) electrons. The molecule has 0 aromatic heterocycles. The van der Waals surface area contributed by atoms with Crippen molar-refractivity contribution >= 4 is 11.5 Å². The van der Waals surface area contributed by atoms with Crippen LogP contribution in [0.25, 0.3) is 0 Å². The van der Waals surface area contributed by atoms with Crippen LogP contribution in [0.3, 0.4) is 0 Å². The molecular weight excluding hydrogens is 150 g/mol. The van der Waals surface area contributed by atoms with Crippen LogP contribution >= 0.6 is 0 Å². The first-order valence-electron chi connectivity index (χ1n) is 4.23. The van der Waals surface area contributed by atoms with Gasteiger partial charge in [-0.1, -0.05) is 19.9 Å². The third-order valence-electron chi connectivity index (χ3n) is 1.49. The monoisotopic (exact) mass is 167 g/mol. The average Bonchev–Trinajstić information content (AvgIpc) is 2.49. The lowest BCUT2D eigenvalue weighted by Crippen LogP contribution is -2.13. The molecule has 0 fully saturated rings. The molecule has 0 unspecified atom stereocenters. The minimum Gasteiger partial charge on any atom is -0.270 e. The molecule has 0 bridgehead atoms. The van der Waals surface area contributed by atoms with E-state index in [0.29, 0.717) is 0 Å². The van der Waals surface area contributed by atoms with E-state index in [4.69, 9.17) is 0 Å². The van der Waals surface area contributed by atoms with Crippen molar-refractivity contribution in [2.75, 3.05) is 7.05 Å². The summed E-state index contributed by atoms with van der Waals surface area (Å²) in [7, 11) is 1.75. The number of hydrogen-bond donors (Lipinski definition) is 1. The third kappa shape index (κ3) is 2.19. The summed E-state index contributed by atoms with van der Waals surface area (Å²) in [5.74, 6) is 0.861. The Labute approximate surface area is 74.3 Å². The number of nitrogens with one attached hydrogen (secondary N) is 1. The summed E-state index contributed by atoms with van der Waals surface area (Å²) in [5.41, 5.74) is 4.93. The number of hydrazone groups is 1. The molecule has 3 nitrogen and oxygen atoms in total. The van der Waals surface area contributed by atoms with Crippen LogP contribution in [-0.2, 0) is 0 Å². The van der Waals surface area contributed by atoms with Crippen LogP contribution in [0.4, 0.5) is 0 Å². The Bertz CT molecular complexity index is 224. The predicted octanol–water partition coefficient (Wildman–Crippen LogP) is 1.97. The van der Waals surface area contributed by atoms with Gasteiger partial charge in [-0.15, -0.1) is 0 Å². The van der Waals surface area contributed by atoms with E-state index in [1.54, 1.807) is 7.05 Å². The molecule has 3 heteroatoms. The van der Waals surface area contributed by atoms with Gasteiger partial charge >= 0.3 is 0 Å². The van der Waals surface area contributed by atoms with Crippen molar-refractivity contribution in [3.63, 3.8) is 0 Å². The summed E-state index contributed by atoms with van der Waals surface area (Å²) in [6.07, 6.45) is 2.00. The van der Waals surface area contributed by atoms with E-state index < -0.39 is 0 Å². The second kappa shape index (κ2) is 5.52. The standard InChI is InChI=1S/C7H11N3.C2H6/c1-4-6-5(2)9-10-7(6)8-3;1-2/h4H,1-3H3,(H,8,10);1-2H3/b6-4-;. The summed E-state index contributed by atoms with van der Waals surface area (Å²) in [6.45, 7) is 7.94. The summed E-state index contributed by atoms with van der Waals surface area (Å²) < 4.78 is 0.